The van der Waals surface area contributed by atoms with Crippen molar-refractivity contribution in [1.82, 2.24) is 0 Å². The molecular formula is C8H12O. The van der Waals surface area contributed by atoms with E-state index in [0.29, 0.717) is 5.92 Å². The molecule has 0 aliphatic heterocycles. The van der Waals surface area contributed by atoms with Crippen LogP contribution < -0.4 is 0 Å². The smallest absolute Gasteiger partial charge is 0.0552 e. The van der Waals surface area contributed by atoms with Crippen LogP contribution in [0.4, 0.5) is 0 Å². The van der Waals surface area contributed by atoms with Gasteiger partial charge in [0.2, 0.25) is 0 Å². The van der Waals surface area contributed by atoms with Crippen molar-refractivity contribution in [1.29, 1.82) is 0 Å². The first-order valence-electron chi connectivity index (χ1n) is 3.47. The SMILES string of the molecule is C#C[C@@H]1CCC[C@@H](O)C1. The van der Waals surface area contributed by atoms with Gasteiger partial charge in [-0.15, -0.1) is 12.3 Å². The van der Waals surface area contributed by atoms with Gasteiger partial charge in [0, 0.05) is 5.92 Å². The first kappa shape index (κ1) is 6.64. The van der Waals surface area contributed by atoms with Gasteiger partial charge in [-0.25, -0.2) is 0 Å². The molecule has 1 N–H and O–H groups in total. The van der Waals surface area contributed by atoms with Gasteiger partial charge in [0.1, 0.15) is 0 Å². The lowest BCUT2D eigenvalue weighted by Crippen LogP contribution is -2.17. The van der Waals surface area contributed by atoms with Gasteiger partial charge in [0.25, 0.3) is 0 Å². The van der Waals surface area contributed by atoms with E-state index in [1.807, 2.05) is 0 Å². The van der Waals surface area contributed by atoms with E-state index in [4.69, 9.17) is 11.5 Å². The summed E-state index contributed by atoms with van der Waals surface area (Å²) in [6.45, 7) is 0. The standard InChI is InChI=1S/C8H12O/c1-2-7-4-3-5-8(9)6-7/h1,7-9H,3-6H2/t7-,8-/m1/s1. The van der Waals surface area contributed by atoms with Crippen LogP contribution in [-0.2, 0) is 0 Å². The Balaban J connectivity index is 2.34. The van der Waals surface area contributed by atoms with E-state index in [-0.39, 0.29) is 6.10 Å². The van der Waals surface area contributed by atoms with Crippen molar-refractivity contribution in [3.05, 3.63) is 0 Å². The highest BCUT2D eigenvalue weighted by atomic mass is 16.3. The maximum absolute atomic E-state index is 9.12. The van der Waals surface area contributed by atoms with Crippen LogP contribution in [0.25, 0.3) is 0 Å². The Morgan fingerprint density at radius 2 is 2.22 bits per heavy atom. The molecule has 0 amide bonds. The number of terminal acetylenes is 1. The average Bonchev–Trinajstić information content (AvgIpc) is 1.88. The van der Waals surface area contributed by atoms with Gasteiger partial charge < -0.3 is 5.11 Å². The Labute approximate surface area is 56.1 Å². The van der Waals surface area contributed by atoms with E-state index in [0.717, 1.165) is 25.7 Å². The third-order valence-electron chi connectivity index (χ3n) is 1.88. The molecule has 0 radical (unpaired) electrons. The first-order chi connectivity index (χ1) is 4.33. The van der Waals surface area contributed by atoms with Gasteiger partial charge in [-0.1, -0.05) is 0 Å². The Morgan fingerprint density at radius 3 is 2.67 bits per heavy atom. The summed E-state index contributed by atoms with van der Waals surface area (Å²) in [5.74, 6) is 3.02. The van der Waals surface area contributed by atoms with Crippen LogP contribution in [-0.4, -0.2) is 11.2 Å². The molecule has 1 saturated carbocycles. The normalized spacial score (nSPS) is 35.6. The third kappa shape index (κ3) is 1.73. The molecule has 9 heavy (non-hydrogen) atoms. The summed E-state index contributed by atoms with van der Waals surface area (Å²) in [7, 11) is 0. The Hall–Kier alpha value is -0.480. The molecule has 0 aromatic heterocycles. The van der Waals surface area contributed by atoms with Crippen LogP contribution >= 0.6 is 0 Å². The van der Waals surface area contributed by atoms with Crippen molar-refractivity contribution in [3.63, 3.8) is 0 Å². The number of hydrogen-bond donors (Lipinski definition) is 1. The lowest BCUT2D eigenvalue weighted by molar-refractivity contribution is 0.115. The minimum Gasteiger partial charge on any atom is -0.393 e. The number of hydrogen-bond acceptors (Lipinski definition) is 1. The van der Waals surface area contributed by atoms with Gasteiger partial charge in [-0.3, -0.25) is 0 Å². The molecule has 2 atom stereocenters. The van der Waals surface area contributed by atoms with Crippen LogP contribution in [0.1, 0.15) is 25.7 Å². The summed E-state index contributed by atoms with van der Waals surface area (Å²) in [5.41, 5.74) is 0. The number of rotatable bonds is 0. The van der Waals surface area contributed by atoms with Crippen molar-refractivity contribution in [2.45, 2.75) is 31.8 Å². The van der Waals surface area contributed by atoms with Crippen molar-refractivity contribution < 1.29 is 5.11 Å². The van der Waals surface area contributed by atoms with Crippen LogP contribution in [0, 0.1) is 18.3 Å². The molecular weight excluding hydrogens is 112 g/mol. The maximum Gasteiger partial charge on any atom is 0.0552 e. The Bertz CT molecular complexity index is 123. The van der Waals surface area contributed by atoms with Crippen molar-refractivity contribution in [2.75, 3.05) is 0 Å². The minimum atomic E-state index is -0.125. The molecule has 0 bridgehead atoms. The van der Waals surface area contributed by atoms with Crippen molar-refractivity contribution >= 4 is 0 Å². The summed E-state index contributed by atoms with van der Waals surface area (Å²) < 4.78 is 0. The monoisotopic (exact) mass is 124 g/mol. The molecule has 1 heteroatoms. The molecule has 50 valence electrons. The van der Waals surface area contributed by atoms with E-state index in [1.165, 1.54) is 0 Å². The maximum atomic E-state index is 9.12. The third-order valence-corrected chi connectivity index (χ3v) is 1.88. The fourth-order valence-corrected chi connectivity index (χ4v) is 1.32. The van der Waals surface area contributed by atoms with Crippen molar-refractivity contribution in [3.8, 4) is 12.3 Å². The lowest BCUT2D eigenvalue weighted by atomic mass is 9.88. The predicted octanol–water partition coefficient (Wildman–Crippen LogP) is 1.17. The highest BCUT2D eigenvalue weighted by Gasteiger charge is 2.17. The zero-order valence-electron chi connectivity index (χ0n) is 5.51. The molecule has 1 nitrogen and oxygen atoms in total. The number of aliphatic hydroxyl groups excluding tert-OH is 1. The molecule has 1 rings (SSSR count). The number of aliphatic hydroxyl groups is 1. The fraction of sp³-hybridized carbons (Fsp3) is 0.750. The quantitative estimate of drug-likeness (QED) is 0.481. The van der Waals surface area contributed by atoms with E-state index >= 15 is 0 Å². The average molecular weight is 124 g/mol. The second-order valence-corrected chi connectivity index (χ2v) is 2.68. The predicted molar refractivity (Wildman–Crippen MR) is 36.8 cm³/mol. The summed E-state index contributed by atoms with van der Waals surface area (Å²) in [6.07, 6.45) is 9.04. The molecule has 0 saturated heterocycles. The molecule has 1 aliphatic carbocycles. The van der Waals surface area contributed by atoms with Crippen LogP contribution in [0.5, 0.6) is 0 Å². The highest BCUT2D eigenvalue weighted by Crippen LogP contribution is 2.22. The summed E-state index contributed by atoms with van der Waals surface area (Å²) in [4.78, 5) is 0. The molecule has 0 heterocycles. The zero-order valence-corrected chi connectivity index (χ0v) is 5.51. The van der Waals surface area contributed by atoms with Gasteiger partial charge in [-0.05, 0) is 25.7 Å². The summed E-state index contributed by atoms with van der Waals surface area (Å²) in [5, 5.41) is 9.12. The minimum absolute atomic E-state index is 0.125. The first-order valence-corrected chi connectivity index (χ1v) is 3.47. The van der Waals surface area contributed by atoms with E-state index < -0.39 is 0 Å². The van der Waals surface area contributed by atoms with Gasteiger partial charge in [0.15, 0.2) is 0 Å². The molecule has 0 aromatic rings. The highest BCUT2D eigenvalue weighted by molar-refractivity contribution is 4.95. The van der Waals surface area contributed by atoms with Crippen LogP contribution in [0.3, 0.4) is 0 Å². The second kappa shape index (κ2) is 2.89. The molecule has 0 spiro atoms. The van der Waals surface area contributed by atoms with Gasteiger partial charge >= 0.3 is 0 Å². The van der Waals surface area contributed by atoms with E-state index in [2.05, 4.69) is 5.92 Å². The summed E-state index contributed by atoms with van der Waals surface area (Å²) >= 11 is 0. The van der Waals surface area contributed by atoms with E-state index in [9.17, 15) is 0 Å². The van der Waals surface area contributed by atoms with Gasteiger partial charge in [-0.2, -0.15) is 0 Å². The van der Waals surface area contributed by atoms with Gasteiger partial charge in [0.05, 0.1) is 6.10 Å². The van der Waals surface area contributed by atoms with Crippen LogP contribution in [0.15, 0.2) is 0 Å². The Kier molecular flexibility index (Phi) is 2.13. The molecule has 1 fully saturated rings. The van der Waals surface area contributed by atoms with Crippen LogP contribution in [0.2, 0.25) is 0 Å². The molecule has 0 unspecified atom stereocenters. The van der Waals surface area contributed by atoms with E-state index in [1.54, 1.807) is 0 Å². The topological polar surface area (TPSA) is 20.2 Å². The largest absolute Gasteiger partial charge is 0.393 e. The zero-order chi connectivity index (χ0) is 6.69. The lowest BCUT2D eigenvalue weighted by Gasteiger charge is -2.21. The molecule has 0 aromatic carbocycles. The fourth-order valence-electron chi connectivity index (χ4n) is 1.32. The molecule has 1 aliphatic rings. The van der Waals surface area contributed by atoms with Crippen molar-refractivity contribution in [2.24, 2.45) is 5.92 Å². The summed E-state index contributed by atoms with van der Waals surface area (Å²) in [6, 6.07) is 0. The Morgan fingerprint density at radius 1 is 1.44 bits per heavy atom. The second-order valence-electron chi connectivity index (χ2n) is 2.68.